The lowest BCUT2D eigenvalue weighted by atomic mass is 9.95. The van der Waals surface area contributed by atoms with Crippen LogP contribution in [0.2, 0.25) is 5.02 Å². The third kappa shape index (κ3) is 5.07. The predicted molar refractivity (Wildman–Crippen MR) is 100.0 cm³/mol. The van der Waals surface area contributed by atoms with Crippen LogP contribution < -0.4 is 5.32 Å². The van der Waals surface area contributed by atoms with Crippen LogP contribution in [0, 0.1) is 11.6 Å². The molecule has 0 aliphatic rings. The van der Waals surface area contributed by atoms with Crippen molar-refractivity contribution in [3.8, 4) is 0 Å². The van der Waals surface area contributed by atoms with Crippen LogP contribution in [-0.2, 0) is 0 Å². The summed E-state index contributed by atoms with van der Waals surface area (Å²) in [6.45, 7) is 7.82. The van der Waals surface area contributed by atoms with Crippen molar-refractivity contribution in [1.29, 1.82) is 0 Å². The highest BCUT2D eigenvalue weighted by atomic mass is 35.5. The molecule has 1 rings (SSSR count). The average molecular weight is 352 g/mol. The standard InChI is InChI=1S/C20H24ClF2N/c1-6-8-14(9-7-2)16(10-13(3)4)20(24-5)19-17(22)11-15(21)12-18(19)23/h6,8-12,24H,7H2,1-5H3/b8-6-,14-9+,20-16+. The summed E-state index contributed by atoms with van der Waals surface area (Å²) >= 11 is 5.75. The molecule has 130 valence electrons. The van der Waals surface area contributed by atoms with E-state index in [2.05, 4.69) is 5.32 Å². The van der Waals surface area contributed by atoms with E-state index >= 15 is 0 Å². The van der Waals surface area contributed by atoms with Gasteiger partial charge in [-0.2, -0.15) is 0 Å². The fourth-order valence-electron chi connectivity index (χ4n) is 2.43. The Bertz CT molecular complexity index is 685. The molecule has 0 spiro atoms. The Labute approximate surface area is 148 Å². The van der Waals surface area contributed by atoms with Crippen LogP contribution in [0.4, 0.5) is 8.78 Å². The van der Waals surface area contributed by atoms with Gasteiger partial charge in [0.1, 0.15) is 11.6 Å². The lowest BCUT2D eigenvalue weighted by Gasteiger charge is -2.16. The van der Waals surface area contributed by atoms with Crippen LogP contribution in [0.3, 0.4) is 0 Å². The monoisotopic (exact) mass is 351 g/mol. The molecule has 0 fully saturated rings. The van der Waals surface area contributed by atoms with Gasteiger partial charge in [0, 0.05) is 17.6 Å². The van der Waals surface area contributed by atoms with Gasteiger partial charge in [-0.3, -0.25) is 0 Å². The van der Waals surface area contributed by atoms with Crippen molar-refractivity contribution in [2.75, 3.05) is 7.05 Å². The van der Waals surface area contributed by atoms with Crippen molar-refractivity contribution in [3.05, 3.63) is 75.4 Å². The number of halogens is 3. The van der Waals surface area contributed by atoms with Crippen molar-refractivity contribution in [2.45, 2.75) is 34.1 Å². The minimum absolute atomic E-state index is 0.0331. The lowest BCUT2D eigenvalue weighted by molar-refractivity contribution is 0.575. The second-order valence-electron chi connectivity index (χ2n) is 5.57. The summed E-state index contributed by atoms with van der Waals surface area (Å²) in [5, 5.41) is 2.99. The number of hydrogen-bond acceptors (Lipinski definition) is 1. The SMILES string of the molecule is C\C=C/C(=C\CC)C(/C=C(C)C)=C(/NC)c1c(F)cc(Cl)cc1F. The summed E-state index contributed by atoms with van der Waals surface area (Å²) in [4.78, 5) is 0. The van der Waals surface area contributed by atoms with E-state index < -0.39 is 11.6 Å². The van der Waals surface area contributed by atoms with E-state index in [1.807, 2.05) is 52.0 Å². The van der Waals surface area contributed by atoms with E-state index in [4.69, 9.17) is 11.6 Å². The zero-order valence-electron chi connectivity index (χ0n) is 14.8. The van der Waals surface area contributed by atoms with Crippen molar-refractivity contribution in [3.63, 3.8) is 0 Å². The Hall–Kier alpha value is -1.87. The normalized spacial score (nSPS) is 13.1. The average Bonchev–Trinajstić information content (AvgIpc) is 2.48. The molecular formula is C20H24ClF2N. The zero-order chi connectivity index (χ0) is 18.3. The van der Waals surface area contributed by atoms with Gasteiger partial charge in [0.15, 0.2) is 0 Å². The number of allylic oxidation sites excluding steroid dienone is 7. The van der Waals surface area contributed by atoms with Crippen molar-refractivity contribution >= 4 is 17.3 Å². The minimum atomic E-state index is -0.694. The highest BCUT2D eigenvalue weighted by Gasteiger charge is 2.18. The van der Waals surface area contributed by atoms with Gasteiger partial charge in [0.05, 0.1) is 11.3 Å². The highest BCUT2D eigenvalue weighted by molar-refractivity contribution is 6.30. The zero-order valence-corrected chi connectivity index (χ0v) is 15.6. The van der Waals surface area contributed by atoms with E-state index in [0.717, 1.165) is 35.3 Å². The summed E-state index contributed by atoms with van der Waals surface area (Å²) < 4.78 is 28.8. The van der Waals surface area contributed by atoms with E-state index in [0.29, 0.717) is 5.70 Å². The van der Waals surface area contributed by atoms with Crippen molar-refractivity contribution in [1.82, 2.24) is 5.32 Å². The minimum Gasteiger partial charge on any atom is -0.387 e. The predicted octanol–water partition coefficient (Wildman–Crippen LogP) is 6.43. The maximum absolute atomic E-state index is 14.4. The number of nitrogens with one attached hydrogen (secondary N) is 1. The van der Waals surface area contributed by atoms with Crippen LogP contribution in [0.15, 0.2) is 53.2 Å². The number of hydrogen-bond donors (Lipinski definition) is 1. The summed E-state index contributed by atoms with van der Waals surface area (Å²) in [6.07, 6.45) is 8.59. The Balaban J connectivity index is 3.84. The summed E-state index contributed by atoms with van der Waals surface area (Å²) in [6, 6.07) is 2.24. The Morgan fingerprint density at radius 1 is 1.21 bits per heavy atom. The molecule has 0 saturated heterocycles. The molecule has 0 radical (unpaired) electrons. The summed E-state index contributed by atoms with van der Waals surface area (Å²) in [5.41, 5.74) is 2.94. The number of rotatable bonds is 6. The summed E-state index contributed by atoms with van der Waals surface area (Å²) in [5.74, 6) is -1.39. The van der Waals surface area contributed by atoms with Gasteiger partial charge in [-0.15, -0.1) is 0 Å². The maximum atomic E-state index is 14.4. The first kappa shape index (κ1) is 20.2. The topological polar surface area (TPSA) is 12.0 Å². The lowest BCUT2D eigenvalue weighted by Crippen LogP contribution is -2.12. The van der Waals surface area contributed by atoms with Gasteiger partial charge < -0.3 is 5.32 Å². The first-order valence-electron chi connectivity index (χ1n) is 7.90. The molecule has 0 atom stereocenters. The van der Waals surface area contributed by atoms with Gasteiger partial charge in [-0.25, -0.2) is 8.78 Å². The van der Waals surface area contributed by atoms with Gasteiger partial charge in [0.2, 0.25) is 0 Å². The van der Waals surface area contributed by atoms with Crippen molar-refractivity contribution < 1.29 is 8.78 Å². The molecular weight excluding hydrogens is 328 g/mol. The fraction of sp³-hybridized carbons (Fsp3) is 0.300. The maximum Gasteiger partial charge on any atom is 0.136 e. The van der Waals surface area contributed by atoms with Crippen LogP contribution in [0.1, 0.15) is 39.7 Å². The molecule has 0 aliphatic carbocycles. The molecule has 0 aliphatic heterocycles. The van der Waals surface area contributed by atoms with Crippen LogP contribution in [0.5, 0.6) is 0 Å². The first-order valence-corrected chi connectivity index (χ1v) is 8.28. The largest absolute Gasteiger partial charge is 0.387 e. The second-order valence-corrected chi connectivity index (χ2v) is 6.01. The molecule has 0 saturated carbocycles. The molecule has 0 amide bonds. The molecule has 1 N–H and O–H groups in total. The molecule has 4 heteroatoms. The molecule has 1 nitrogen and oxygen atoms in total. The molecule has 0 bridgehead atoms. The van der Waals surface area contributed by atoms with Crippen LogP contribution in [0.25, 0.3) is 5.70 Å². The number of benzene rings is 1. The molecule has 0 unspecified atom stereocenters. The highest BCUT2D eigenvalue weighted by Crippen LogP contribution is 2.30. The van der Waals surface area contributed by atoms with E-state index in [9.17, 15) is 8.78 Å². The van der Waals surface area contributed by atoms with Gasteiger partial charge in [-0.05, 0) is 44.9 Å². The van der Waals surface area contributed by atoms with E-state index in [1.54, 1.807) is 7.05 Å². The quantitative estimate of drug-likeness (QED) is 0.582. The van der Waals surface area contributed by atoms with Crippen molar-refractivity contribution in [2.24, 2.45) is 0 Å². The fourth-order valence-corrected chi connectivity index (χ4v) is 2.62. The molecule has 1 aromatic carbocycles. The molecule has 24 heavy (non-hydrogen) atoms. The second kappa shape index (κ2) is 9.43. The van der Waals surface area contributed by atoms with Gasteiger partial charge in [0.25, 0.3) is 0 Å². The van der Waals surface area contributed by atoms with E-state index in [1.165, 1.54) is 0 Å². The third-order valence-electron chi connectivity index (χ3n) is 3.29. The Kier molecular flexibility index (Phi) is 7.93. The summed E-state index contributed by atoms with van der Waals surface area (Å²) in [7, 11) is 1.65. The first-order chi connectivity index (χ1) is 11.3. The van der Waals surface area contributed by atoms with Gasteiger partial charge >= 0.3 is 0 Å². The molecule has 0 heterocycles. The third-order valence-corrected chi connectivity index (χ3v) is 3.51. The van der Waals surface area contributed by atoms with Crippen LogP contribution in [-0.4, -0.2) is 7.05 Å². The smallest absolute Gasteiger partial charge is 0.136 e. The van der Waals surface area contributed by atoms with E-state index in [-0.39, 0.29) is 10.6 Å². The molecule has 0 aromatic heterocycles. The molecule has 1 aromatic rings. The Morgan fingerprint density at radius 3 is 2.21 bits per heavy atom. The van der Waals surface area contributed by atoms with Gasteiger partial charge in [-0.1, -0.05) is 48.4 Å². The Morgan fingerprint density at radius 2 is 1.79 bits per heavy atom. The van der Waals surface area contributed by atoms with Crippen LogP contribution >= 0.6 is 11.6 Å².